The molecule has 0 spiro atoms. The molecule has 2 aromatic rings. The average Bonchev–Trinajstić information content (AvgIpc) is 3.23. The number of cyclic esters (lactones) is 1. The molecule has 11 nitrogen and oxygen atoms in total. The van der Waals surface area contributed by atoms with Gasteiger partial charge in [0.1, 0.15) is 24.1 Å². The van der Waals surface area contributed by atoms with Crippen molar-refractivity contribution >= 4 is 35.8 Å². The van der Waals surface area contributed by atoms with Crippen molar-refractivity contribution in [3.63, 3.8) is 0 Å². The Morgan fingerprint density at radius 3 is 2.71 bits per heavy atom. The van der Waals surface area contributed by atoms with Crippen LogP contribution in [0.3, 0.4) is 0 Å². The number of rotatable bonds is 6. The van der Waals surface area contributed by atoms with E-state index in [1.165, 1.54) is 29.2 Å². The van der Waals surface area contributed by atoms with Crippen LogP contribution in [0, 0.1) is 5.82 Å². The lowest BCUT2D eigenvalue weighted by Gasteiger charge is -2.27. The van der Waals surface area contributed by atoms with Crippen LogP contribution in [0.2, 0.25) is 0 Å². The van der Waals surface area contributed by atoms with Gasteiger partial charge in [0.05, 0.1) is 31.9 Å². The van der Waals surface area contributed by atoms with E-state index in [1.54, 1.807) is 35.4 Å². The van der Waals surface area contributed by atoms with E-state index < -0.39 is 18.0 Å². The van der Waals surface area contributed by atoms with Gasteiger partial charge in [0.15, 0.2) is 0 Å². The summed E-state index contributed by atoms with van der Waals surface area (Å²) in [6.07, 6.45) is 1.95. The summed E-state index contributed by atoms with van der Waals surface area (Å²) < 4.78 is 20.2. The second-order valence-electron chi connectivity index (χ2n) is 7.77. The predicted molar refractivity (Wildman–Crippen MR) is 123 cm³/mol. The fourth-order valence-corrected chi connectivity index (χ4v) is 3.63. The molecule has 1 aromatic carbocycles. The van der Waals surface area contributed by atoms with Crippen LogP contribution in [0.25, 0.3) is 11.1 Å². The molecule has 0 saturated carbocycles. The summed E-state index contributed by atoms with van der Waals surface area (Å²) in [5.74, 6) is -0.389. The third-order valence-electron chi connectivity index (χ3n) is 5.42. The predicted octanol–water partition coefficient (Wildman–Crippen LogP) is 0.900. The maximum atomic E-state index is 14.9. The van der Waals surface area contributed by atoms with E-state index in [0.29, 0.717) is 35.7 Å². The number of benzene rings is 1. The number of nitrogens with two attached hydrogens (primary N) is 1. The van der Waals surface area contributed by atoms with Crippen LogP contribution in [0.5, 0.6) is 0 Å². The molecule has 1 atom stereocenters. The topological polar surface area (TPSA) is 133 Å². The van der Waals surface area contributed by atoms with Crippen LogP contribution in [0.1, 0.15) is 6.92 Å². The minimum atomic E-state index is -0.594. The Morgan fingerprint density at radius 1 is 1.26 bits per heavy atom. The fraction of sp³-hybridized carbons (Fsp3) is 0.318. The lowest BCUT2D eigenvalue weighted by molar-refractivity contribution is -0.129. The normalized spacial score (nSPS) is 17.7. The number of nitrogens with one attached hydrogen (secondary N) is 1. The molecule has 0 bridgehead atoms. The van der Waals surface area contributed by atoms with Crippen molar-refractivity contribution in [2.45, 2.75) is 13.0 Å². The van der Waals surface area contributed by atoms with Gasteiger partial charge in [-0.05, 0) is 30.3 Å². The number of amides is 3. The van der Waals surface area contributed by atoms with Gasteiger partial charge < -0.3 is 20.7 Å². The number of ether oxygens (including phenoxy) is 1. The molecule has 0 aliphatic carbocycles. The van der Waals surface area contributed by atoms with Crippen molar-refractivity contribution in [1.29, 1.82) is 0 Å². The van der Waals surface area contributed by atoms with Crippen LogP contribution >= 0.6 is 0 Å². The minimum Gasteiger partial charge on any atom is -0.442 e. The third kappa shape index (κ3) is 4.96. The molecule has 1 fully saturated rings. The molecule has 1 aromatic heterocycles. The molecule has 12 heteroatoms. The average molecular weight is 469 g/mol. The van der Waals surface area contributed by atoms with Crippen LogP contribution in [0.15, 0.2) is 41.6 Å². The molecule has 34 heavy (non-hydrogen) atoms. The first kappa shape index (κ1) is 23.1. The second-order valence-corrected chi connectivity index (χ2v) is 7.77. The lowest BCUT2D eigenvalue weighted by Crippen LogP contribution is -2.43. The number of pyridine rings is 1. The van der Waals surface area contributed by atoms with Gasteiger partial charge in [-0.15, -0.1) is 0 Å². The van der Waals surface area contributed by atoms with Crippen LogP contribution in [-0.4, -0.2) is 73.1 Å². The zero-order valence-electron chi connectivity index (χ0n) is 18.5. The Morgan fingerprint density at radius 2 is 2.09 bits per heavy atom. The van der Waals surface area contributed by atoms with E-state index in [4.69, 9.17) is 10.5 Å². The SMILES string of the molecule is CC(=O)NCC1CN(c2ccc(-c3ccc(N4C=NN(C(=O)CN)CC4)nc3)c(F)c2)C(=O)O1. The Kier molecular flexibility index (Phi) is 6.68. The summed E-state index contributed by atoms with van der Waals surface area (Å²) in [6.45, 7) is 2.56. The zero-order valence-corrected chi connectivity index (χ0v) is 18.5. The first-order chi connectivity index (χ1) is 16.4. The van der Waals surface area contributed by atoms with Crippen LogP contribution in [-0.2, 0) is 14.3 Å². The molecule has 1 saturated heterocycles. The molecule has 3 N–H and O–H groups in total. The molecule has 1 unspecified atom stereocenters. The molecule has 2 aliphatic heterocycles. The van der Waals surface area contributed by atoms with Gasteiger partial charge in [0.25, 0.3) is 5.91 Å². The highest BCUT2D eigenvalue weighted by molar-refractivity contribution is 5.90. The Balaban J connectivity index is 1.44. The molecule has 2 aliphatic rings. The molecule has 178 valence electrons. The lowest BCUT2D eigenvalue weighted by atomic mass is 10.1. The number of hydrogen-bond acceptors (Lipinski definition) is 8. The monoisotopic (exact) mass is 469 g/mol. The van der Waals surface area contributed by atoms with Gasteiger partial charge in [0, 0.05) is 30.8 Å². The van der Waals surface area contributed by atoms with E-state index in [-0.39, 0.29) is 31.4 Å². The van der Waals surface area contributed by atoms with E-state index in [1.807, 2.05) is 0 Å². The number of hydrogen-bond donors (Lipinski definition) is 2. The molecule has 0 radical (unpaired) electrons. The van der Waals surface area contributed by atoms with Crippen molar-refractivity contribution in [2.75, 3.05) is 42.5 Å². The summed E-state index contributed by atoms with van der Waals surface area (Å²) in [5, 5.41) is 7.98. The number of carbonyl (C=O) groups is 3. The molecular formula is C22H24FN7O4. The molecular weight excluding hydrogens is 445 g/mol. The zero-order chi connectivity index (χ0) is 24.2. The van der Waals surface area contributed by atoms with E-state index in [2.05, 4.69) is 15.4 Å². The van der Waals surface area contributed by atoms with Gasteiger partial charge in [-0.2, -0.15) is 5.10 Å². The van der Waals surface area contributed by atoms with E-state index >= 15 is 0 Å². The standard InChI is InChI=1S/C22H24FN7O4/c1-14(31)25-11-17-12-29(22(33)34-17)16-3-4-18(19(23)8-16)15-2-5-20(26-10-15)28-6-7-30(27-13-28)21(32)9-24/h2-5,8,10,13,17H,6-7,9,11-12,24H2,1H3,(H,25,31). The number of carbonyl (C=O) groups excluding carboxylic acids is 3. The summed E-state index contributed by atoms with van der Waals surface area (Å²) in [6, 6.07) is 7.95. The van der Waals surface area contributed by atoms with Crippen molar-refractivity contribution in [3.8, 4) is 11.1 Å². The van der Waals surface area contributed by atoms with Crippen molar-refractivity contribution in [1.82, 2.24) is 15.3 Å². The largest absolute Gasteiger partial charge is 0.442 e. The molecule has 4 rings (SSSR count). The third-order valence-corrected chi connectivity index (χ3v) is 5.42. The number of anilines is 2. The molecule has 3 amide bonds. The number of hydrazone groups is 1. The maximum Gasteiger partial charge on any atom is 0.414 e. The Hall–Kier alpha value is -4.06. The van der Waals surface area contributed by atoms with Gasteiger partial charge >= 0.3 is 6.09 Å². The number of nitrogens with zero attached hydrogens (tertiary/aromatic N) is 5. The maximum absolute atomic E-state index is 14.9. The van der Waals surface area contributed by atoms with E-state index in [0.717, 1.165) is 0 Å². The number of aromatic nitrogens is 1. The summed E-state index contributed by atoms with van der Waals surface area (Å²) in [7, 11) is 0. The quantitative estimate of drug-likeness (QED) is 0.642. The van der Waals surface area contributed by atoms with Gasteiger partial charge in [-0.1, -0.05) is 0 Å². The van der Waals surface area contributed by atoms with Crippen LogP contribution < -0.4 is 20.9 Å². The highest BCUT2D eigenvalue weighted by Gasteiger charge is 2.32. The molecule has 3 heterocycles. The smallest absolute Gasteiger partial charge is 0.414 e. The van der Waals surface area contributed by atoms with Crippen molar-refractivity contribution in [3.05, 3.63) is 42.3 Å². The van der Waals surface area contributed by atoms with Crippen molar-refractivity contribution in [2.24, 2.45) is 10.8 Å². The Labute approximate surface area is 195 Å². The van der Waals surface area contributed by atoms with Gasteiger partial charge in [-0.25, -0.2) is 19.2 Å². The van der Waals surface area contributed by atoms with Crippen molar-refractivity contribution < 1.29 is 23.5 Å². The van der Waals surface area contributed by atoms with Gasteiger partial charge in [0.2, 0.25) is 5.91 Å². The summed E-state index contributed by atoms with van der Waals surface area (Å²) in [4.78, 5) is 42.3. The van der Waals surface area contributed by atoms with Crippen LogP contribution in [0.4, 0.5) is 20.7 Å². The fourth-order valence-electron chi connectivity index (χ4n) is 3.63. The second kappa shape index (κ2) is 9.83. The summed E-state index contributed by atoms with van der Waals surface area (Å²) in [5.41, 5.74) is 6.61. The van der Waals surface area contributed by atoms with Gasteiger partial charge in [-0.3, -0.25) is 14.5 Å². The highest BCUT2D eigenvalue weighted by atomic mass is 19.1. The first-order valence-corrected chi connectivity index (χ1v) is 10.7. The first-order valence-electron chi connectivity index (χ1n) is 10.7. The minimum absolute atomic E-state index is 0.106. The highest BCUT2D eigenvalue weighted by Crippen LogP contribution is 2.29. The number of halogens is 1. The summed E-state index contributed by atoms with van der Waals surface area (Å²) >= 11 is 0. The Bertz CT molecular complexity index is 1120. The van der Waals surface area contributed by atoms with E-state index in [9.17, 15) is 18.8 Å².